The standard InChI is InChI=1S/2C29H40O7/c2*1-5-6-7-11-21-14-26(32)25(13-12-20(4)10-8-9-19(2)3)27(15-21)36-29(34)28(33)35-24-17-22(30)16-23(31)18-24/h2*14-20,30-32H,5-13H2,1-4H3/t2*20-/m10/s1. The Kier molecular flexibility index (Phi) is 25.9. The van der Waals surface area contributed by atoms with Gasteiger partial charge in [-0.25, -0.2) is 19.2 Å². The average Bonchev–Trinajstić information content (AvgIpc) is 3.28. The average molecular weight is 1000 g/mol. The summed E-state index contributed by atoms with van der Waals surface area (Å²) in [5, 5.41) is 59.8. The van der Waals surface area contributed by atoms with Crippen molar-refractivity contribution in [2.45, 2.75) is 171 Å². The zero-order valence-corrected chi connectivity index (χ0v) is 43.8. The van der Waals surface area contributed by atoms with E-state index in [4.69, 9.17) is 18.9 Å². The Morgan fingerprint density at radius 3 is 1.04 bits per heavy atom. The van der Waals surface area contributed by atoms with Crippen molar-refractivity contribution in [3.05, 3.63) is 82.9 Å². The number of ether oxygens (including phenoxy) is 4. The van der Waals surface area contributed by atoms with Crippen molar-refractivity contribution >= 4 is 23.9 Å². The Labute approximate surface area is 426 Å². The van der Waals surface area contributed by atoms with E-state index in [2.05, 4.69) is 55.4 Å². The fourth-order valence-electron chi connectivity index (χ4n) is 8.16. The minimum atomic E-state index is -1.30. The molecule has 0 heterocycles. The van der Waals surface area contributed by atoms with Crippen LogP contribution in [0.5, 0.6) is 57.5 Å². The van der Waals surface area contributed by atoms with Crippen molar-refractivity contribution in [1.82, 2.24) is 0 Å². The number of hydrogen-bond acceptors (Lipinski definition) is 14. The smallest absolute Gasteiger partial charge is 0.423 e. The van der Waals surface area contributed by atoms with E-state index in [1.807, 2.05) is 0 Å². The van der Waals surface area contributed by atoms with Gasteiger partial charge in [0.2, 0.25) is 0 Å². The van der Waals surface area contributed by atoms with Crippen LogP contribution in [0.1, 0.15) is 168 Å². The van der Waals surface area contributed by atoms with Gasteiger partial charge in [-0.15, -0.1) is 0 Å². The van der Waals surface area contributed by atoms with Crippen molar-refractivity contribution in [2.75, 3.05) is 0 Å². The summed E-state index contributed by atoms with van der Waals surface area (Å²) in [5.74, 6) is -4.19. The monoisotopic (exact) mass is 1000 g/mol. The van der Waals surface area contributed by atoms with E-state index in [-0.39, 0.29) is 57.5 Å². The molecule has 0 saturated carbocycles. The predicted octanol–water partition coefficient (Wildman–Crippen LogP) is 12.9. The molecule has 0 aromatic heterocycles. The predicted molar refractivity (Wildman–Crippen MR) is 277 cm³/mol. The molecule has 4 rings (SSSR count). The van der Waals surface area contributed by atoms with Crippen molar-refractivity contribution in [2.24, 2.45) is 23.7 Å². The highest BCUT2D eigenvalue weighted by atomic mass is 16.6. The highest BCUT2D eigenvalue weighted by Crippen LogP contribution is 2.36. The van der Waals surface area contributed by atoms with Crippen molar-refractivity contribution in [1.29, 1.82) is 0 Å². The molecule has 4 aromatic carbocycles. The number of aromatic hydroxyl groups is 6. The third kappa shape index (κ3) is 22.3. The molecular formula is C58H80O14. The number of carbonyl (C=O) groups is 4. The van der Waals surface area contributed by atoms with Gasteiger partial charge in [0.1, 0.15) is 57.5 Å². The molecule has 0 radical (unpaired) electrons. The number of rotatable bonds is 26. The lowest BCUT2D eigenvalue weighted by Gasteiger charge is -2.16. The van der Waals surface area contributed by atoms with Gasteiger partial charge in [0.05, 0.1) is 0 Å². The number of benzene rings is 4. The van der Waals surface area contributed by atoms with Crippen LogP contribution in [0.2, 0.25) is 0 Å². The number of unbranched alkanes of at least 4 members (excludes halogenated alkanes) is 4. The molecule has 6 N–H and O–H groups in total. The summed E-state index contributed by atoms with van der Waals surface area (Å²) in [4.78, 5) is 49.8. The first-order chi connectivity index (χ1) is 34.2. The second-order valence-electron chi connectivity index (χ2n) is 20.0. The lowest BCUT2D eigenvalue weighted by molar-refractivity contribution is -0.156. The summed E-state index contributed by atoms with van der Waals surface area (Å²) in [6, 6.07) is 13.3. The van der Waals surface area contributed by atoms with Crippen molar-refractivity contribution in [3.63, 3.8) is 0 Å². The molecule has 0 aliphatic rings. The Morgan fingerprint density at radius 1 is 0.389 bits per heavy atom. The van der Waals surface area contributed by atoms with Gasteiger partial charge in [0.25, 0.3) is 0 Å². The third-order valence-corrected chi connectivity index (χ3v) is 12.3. The fourth-order valence-corrected chi connectivity index (χ4v) is 8.16. The fraction of sp³-hybridized carbons (Fsp3) is 0.517. The van der Waals surface area contributed by atoms with Gasteiger partial charge in [-0.1, -0.05) is 120 Å². The first-order valence-corrected chi connectivity index (χ1v) is 25.8. The minimum absolute atomic E-state index is 0.0486. The van der Waals surface area contributed by atoms with Gasteiger partial charge in [0, 0.05) is 47.5 Å². The molecule has 14 heteroatoms. The summed E-state index contributed by atoms with van der Waals surface area (Å²) >= 11 is 0. The molecule has 4 aromatic rings. The van der Waals surface area contributed by atoms with Crippen LogP contribution < -0.4 is 18.9 Å². The highest BCUT2D eigenvalue weighted by Gasteiger charge is 2.25. The van der Waals surface area contributed by atoms with E-state index < -0.39 is 23.9 Å². The van der Waals surface area contributed by atoms with Gasteiger partial charge in [-0.2, -0.15) is 0 Å². The van der Waals surface area contributed by atoms with Crippen LogP contribution >= 0.6 is 0 Å². The molecule has 72 heavy (non-hydrogen) atoms. The second-order valence-corrected chi connectivity index (χ2v) is 20.0. The molecule has 0 unspecified atom stereocenters. The molecule has 0 amide bonds. The molecular weight excluding hydrogens is 921 g/mol. The number of esters is 4. The number of aryl methyl sites for hydroxylation is 2. The SMILES string of the molecule is CCCCCc1cc(O)c(CC[C@@H](C)CCCC(C)C)c(OC(=O)C(=O)Oc2cc(O)cc(O)c2)c1.CCCCCc1cc(O)c(CC[C@H](C)CCCC(C)C)c(OC(=O)C(=O)Oc2cc(O)cc(O)c2)c1. The van der Waals surface area contributed by atoms with Crippen LogP contribution in [0.25, 0.3) is 0 Å². The third-order valence-electron chi connectivity index (χ3n) is 12.3. The first-order valence-electron chi connectivity index (χ1n) is 25.8. The maximum atomic E-state index is 12.6. The van der Waals surface area contributed by atoms with Crippen molar-refractivity contribution in [3.8, 4) is 57.5 Å². The van der Waals surface area contributed by atoms with Crippen molar-refractivity contribution < 1.29 is 68.8 Å². The quantitative estimate of drug-likeness (QED) is 0.0149. The Bertz CT molecular complexity index is 2150. The molecule has 0 aliphatic carbocycles. The topological polar surface area (TPSA) is 227 Å². The summed E-state index contributed by atoms with van der Waals surface area (Å²) in [5.41, 5.74) is 2.62. The highest BCUT2D eigenvalue weighted by molar-refractivity contribution is 6.31. The molecule has 0 spiro atoms. The Morgan fingerprint density at radius 2 is 0.722 bits per heavy atom. The summed E-state index contributed by atoms with van der Waals surface area (Å²) in [7, 11) is 0. The Balaban J connectivity index is 0.000000380. The summed E-state index contributed by atoms with van der Waals surface area (Å²) in [6.45, 7) is 17.4. The van der Waals surface area contributed by atoms with Crippen LogP contribution in [-0.4, -0.2) is 54.5 Å². The Hall–Kier alpha value is -6.44. The van der Waals surface area contributed by atoms with Crippen LogP contribution in [0.15, 0.2) is 60.7 Å². The first kappa shape index (κ1) is 59.9. The van der Waals surface area contributed by atoms with Crippen LogP contribution in [-0.2, 0) is 44.9 Å². The maximum Gasteiger partial charge on any atom is 0.423 e. The molecule has 2 atom stereocenters. The lowest BCUT2D eigenvalue weighted by Crippen LogP contribution is -2.26. The second kappa shape index (κ2) is 31.1. The molecule has 0 fully saturated rings. The molecule has 0 bridgehead atoms. The molecule has 14 nitrogen and oxygen atoms in total. The number of hydrogen-bond donors (Lipinski definition) is 6. The van der Waals surface area contributed by atoms with Gasteiger partial charge in [0.15, 0.2) is 0 Å². The van der Waals surface area contributed by atoms with Gasteiger partial charge >= 0.3 is 23.9 Å². The van der Waals surface area contributed by atoms with E-state index in [0.29, 0.717) is 60.5 Å². The lowest BCUT2D eigenvalue weighted by atomic mass is 9.93. The summed E-state index contributed by atoms with van der Waals surface area (Å²) < 4.78 is 20.7. The molecule has 396 valence electrons. The largest absolute Gasteiger partial charge is 0.508 e. The minimum Gasteiger partial charge on any atom is -0.508 e. The number of carbonyl (C=O) groups excluding carboxylic acids is 4. The van der Waals surface area contributed by atoms with E-state index in [1.54, 1.807) is 24.3 Å². The number of phenolic OH excluding ortho intramolecular Hbond substituents is 6. The summed E-state index contributed by atoms with van der Waals surface area (Å²) in [6.07, 6.45) is 16.8. The molecule has 0 aliphatic heterocycles. The van der Waals surface area contributed by atoms with Crippen LogP contribution in [0, 0.1) is 23.7 Å². The number of phenols is 6. The van der Waals surface area contributed by atoms with E-state index in [1.165, 1.54) is 12.8 Å². The van der Waals surface area contributed by atoms with Crippen LogP contribution in [0.3, 0.4) is 0 Å². The van der Waals surface area contributed by atoms with Crippen LogP contribution in [0.4, 0.5) is 0 Å². The van der Waals surface area contributed by atoms with E-state index in [0.717, 1.165) is 125 Å². The van der Waals surface area contributed by atoms with E-state index >= 15 is 0 Å². The maximum absolute atomic E-state index is 12.6. The molecule has 0 saturated heterocycles. The van der Waals surface area contributed by atoms with Gasteiger partial charge in [-0.05, 0) is 110 Å². The van der Waals surface area contributed by atoms with Gasteiger partial charge < -0.3 is 49.6 Å². The normalized spacial score (nSPS) is 11.9. The zero-order valence-electron chi connectivity index (χ0n) is 43.8. The zero-order chi connectivity index (χ0) is 53.3. The van der Waals surface area contributed by atoms with E-state index in [9.17, 15) is 49.8 Å². The van der Waals surface area contributed by atoms with Gasteiger partial charge in [-0.3, -0.25) is 0 Å².